The van der Waals surface area contributed by atoms with Crippen molar-refractivity contribution in [1.29, 1.82) is 0 Å². The van der Waals surface area contributed by atoms with Crippen LogP contribution >= 0.6 is 11.3 Å². The minimum atomic E-state index is -3.69. The van der Waals surface area contributed by atoms with E-state index in [4.69, 9.17) is 0 Å². The largest absolute Gasteiger partial charge is 0.348 e. The Morgan fingerprint density at radius 3 is 2.69 bits per heavy atom. The lowest BCUT2D eigenvalue weighted by Crippen LogP contribution is -2.25. The van der Waals surface area contributed by atoms with E-state index < -0.39 is 10.0 Å². The molecule has 0 spiro atoms. The molecule has 0 saturated carbocycles. The molecule has 0 bridgehead atoms. The molecule has 3 rings (SSSR count). The van der Waals surface area contributed by atoms with Crippen molar-refractivity contribution >= 4 is 27.3 Å². The van der Waals surface area contributed by atoms with Gasteiger partial charge in [0.05, 0.1) is 4.90 Å². The molecular weight excluding hydrogens is 370 g/mol. The van der Waals surface area contributed by atoms with E-state index in [-0.39, 0.29) is 22.9 Å². The van der Waals surface area contributed by atoms with Gasteiger partial charge in [-0.1, -0.05) is 18.2 Å². The van der Waals surface area contributed by atoms with Crippen LogP contribution in [0.5, 0.6) is 0 Å². The Hall–Kier alpha value is -2.55. The zero-order valence-electron chi connectivity index (χ0n) is 13.8. The maximum Gasteiger partial charge on any atom is 0.251 e. The second-order valence-corrected chi connectivity index (χ2v) is 8.27. The number of rotatable bonds is 7. The van der Waals surface area contributed by atoms with E-state index in [0.29, 0.717) is 6.54 Å². The Bertz CT molecular complexity index is 972. The maximum absolute atomic E-state index is 12.4. The molecule has 2 heterocycles. The monoisotopic (exact) mass is 387 g/mol. The van der Waals surface area contributed by atoms with Gasteiger partial charge >= 0.3 is 0 Å². The molecule has 0 aliphatic rings. The average Bonchev–Trinajstić information content (AvgIpc) is 3.19. The highest BCUT2D eigenvalue weighted by Crippen LogP contribution is 2.14. The van der Waals surface area contributed by atoms with E-state index >= 15 is 0 Å². The Kier molecular flexibility index (Phi) is 5.77. The van der Waals surface area contributed by atoms with Gasteiger partial charge in [-0.25, -0.2) is 13.1 Å². The maximum atomic E-state index is 12.4. The fourth-order valence-electron chi connectivity index (χ4n) is 2.25. The van der Waals surface area contributed by atoms with Crippen molar-refractivity contribution < 1.29 is 13.2 Å². The van der Waals surface area contributed by atoms with Gasteiger partial charge in [0.15, 0.2) is 0 Å². The van der Waals surface area contributed by atoms with Gasteiger partial charge in [0.2, 0.25) is 10.0 Å². The number of thiophene rings is 1. The second-order valence-electron chi connectivity index (χ2n) is 5.48. The van der Waals surface area contributed by atoms with Crippen LogP contribution in [0.4, 0.5) is 0 Å². The van der Waals surface area contributed by atoms with Gasteiger partial charge in [-0.05, 0) is 41.3 Å². The van der Waals surface area contributed by atoms with Gasteiger partial charge < -0.3 is 5.32 Å². The average molecular weight is 387 g/mol. The molecule has 0 aliphatic heterocycles. The number of hydrogen-bond donors (Lipinski definition) is 2. The molecule has 134 valence electrons. The Balaban J connectivity index is 1.67. The number of aromatic nitrogens is 1. The predicted octanol–water partition coefficient (Wildman–Crippen LogP) is 2.55. The summed E-state index contributed by atoms with van der Waals surface area (Å²) in [5.41, 5.74) is 1.15. The molecule has 0 radical (unpaired) electrons. The first-order valence-corrected chi connectivity index (χ1v) is 10.2. The molecule has 2 N–H and O–H groups in total. The van der Waals surface area contributed by atoms with Crippen LogP contribution in [0.1, 0.15) is 20.8 Å². The standard InChI is InChI=1S/C18H17N3O3S2/c22-18(20-12-14-4-2-8-19-11-14)15-5-1-7-17(10-15)26(23,24)21-13-16-6-3-9-25-16/h1-11,21H,12-13H2,(H,20,22). The van der Waals surface area contributed by atoms with Gasteiger partial charge in [0, 0.05) is 35.9 Å². The summed E-state index contributed by atoms with van der Waals surface area (Å²) in [4.78, 5) is 17.3. The molecule has 0 atom stereocenters. The number of pyridine rings is 1. The lowest BCUT2D eigenvalue weighted by molar-refractivity contribution is 0.0950. The minimum absolute atomic E-state index is 0.0584. The molecule has 0 fully saturated rings. The van der Waals surface area contributed by atoms with Crippen molar-refractivity contribution in [3.05, 3.63) is 82.3 Å². The number of amides is 1. The fourth-order valence-corrected chi connectivity index (χ4v) is 4.04. The summed E-state index contributed by atoms with van der Waals surface area (Å²) in [6.07, 6.45) is 3.32. The molecule has 1 aromatic carbocycles. The molecule has 0 unspecified atom stereocenters. The topological polar surface area (TPSA) is 88.2 Å². The van der Waals surface area contributed by atoms with Crippen LogP contribution in [-0.2, 0) is 23.1 Å². The molecule has 1 amide bonds. The molecular formula is C18H17N3O3S2. The third-order valence-corrected chi connectivity index (χ3v) is 5.87. The Morgan fingerprint density at radius 1 is 1.08 bits per heavy atom. The number of sulfonamides is 1. The number of nitrogens with zero attached hydrogens (tertiary/aromatic N) is 1. The number of hydrogen-bond acceptors (Lipinski definition) is 5. The van der Waals surface area contributed by atoms with E-state index in [1.807, 2.05) is 23.6 Å². The number of nitrogens with one attached hydrogen (secondary N) is 2. The lowest BCUT2D eigenvalue weighted by atomic mass is 10.2. The molecule has 2 aromatic heterocycles. The minimum Gasteiger partial charge on any atom is -0.348 e. The highest BCUT2D eigenvalue weighted by atomic mass is 32.2. The molecule has 0 saturated heterocycles. The first-order chi connectivity index (χ1) is 12.5. The lowest BCUT2D eigenvalue weighted by Gasteiger charge is -2.09. The van der Waals surface area contributed by atoms with Crippen LogP contribution < -0.4 is 10.0 Å². The van der Waals surface area contributed by atoms with Crippen molar-refractivity contribution in [1.82, 2.24) is 15.0 Å². The van der Waals surface area contributed by atoms with Gasteiger partial charge in [-0.2, -0.15) is 0 Å². The molecule has 0 aliphatic carbocycles. The van der Waals surface area contributed by atoms with Crippen LogP contribution in [0.15, 0.2) is 71.2 Å². The number of benzene rings is 1. The Morgan fingerprint density at radius 2 is 1.96 bits per heavy atom. The third-order valence-electron chi connectivity index (χ3n) is 3.60. The van der Waals surface area contributed by atoms with Gasteiger partial charge in [-0.15, -0.1) is 11.3 Å². The van der Waals surface area contributed by atoms with Crippen molar-refractivity contribution in [2.75, 3.05) is 0 Å². The van der Waals surface area contributed by atoms with Crippen molar-refractivity contribution in [3.8, 4) is 0 Å². The van der Waals surface area contributed by atoms with Gasteiger partial charge in [-0.3, -0.25) is 9.78 Å². The van der Waals surface area contributed by atoms with Crippen LogP contribution in [0, 0.1) is 0 Å². The van der Waals surface area contributed by atoms with Crippen LogP contribution in [0.3, 0.4) is 0 Å². The van der Waals surface area contributed by atoms with E-state index in [1.54, 1.807) is 30.6 Å². The molecule has 6 nitrogen and oxygen atoms in total. The van der Waals surface area contributed by atoms with Crippen LogP contribution in [0.2, 0.25) is 0 Å². The predicted molar refractivity (Wildman–Crippen MR) is 100 cm³/mol. The molecule has 8 heteroatoms. The smallest absolute Gasteiger partial charge is 0.251 e. The van der Waals surface area contributed by atoms with Gasteiger partial charge in [0.1, 0.15) is 0 Å². The highest BCUT2D eigenvalue weighted by molar-refractivity contribution is 7.89. The van der Waals surface area contributed by atoms with E-state index in [0.717, 1.165) is 10.4 Å². The Labute approximate surface area is 156 Å². The van der Waals surface area contributed by atoms with Gasteiger partial charge in [0.25, 0.3) is 5.91 Å². The summed E-state index contributed by atoms with van der Waals surface area (Å²) < 4.78 is 27.4. The fraction of sp³-hybridized carbons (Fsp3) is 0.111. The van der Waals surface area contributed by atoms with Crippen molar-refractivity contribution in [2.24, 2.45) is 0 Å². The summed E-state index contributed by atoms with van der Waals surface area (Å²) in [5, 5.41) is 4.64. The summed E-state index contributed by atoms with van der Waals surface area (Å²) >= 11 is 1.48. The summed E-state index contributed by atoms with van der Waals surface area (Å²) in [6, 6.07) is 13.3. The van der Waals surface area contributed by atoms with E-state index in [2.05, 4.69) is 15.0 Å². The van der Waals surface area contributed by atoms with E-state index in [1.165, 1.54) is 23.5 Å². The summed E-state index contributed by atoms with van der Waals surface area (Å²) in [6.45, 7) is 0.539. The highest BCUT2D eigenvalue weighted by Gasteiger charge is 2.16. The van der Waals surface area contributed by atoms with Crippen LogP contribution in [-0.4, -0.2) is 19.3 Å². The second kappa shape index (κ2) is 8.22. The quantitative estimate of drug-likeness (QED) is 0.652. The first-order valence-electron chi connectivity index (χ1n) is 7.84. The van der Waals surface area contributed by atoms with E-state index in [9.17, 15) is 13.2 Å². The molecule has 3 aromatic rings. The zero-order valence-corrected chi connectivity index (χ0v) is 15.4. The first kappa shape index (κ1) is 18.2. The number of carbonyl (C=O) groups is 1. The normalized spacial score (nSPS) is 11.2. The zero-order chi connectivity index (χ0) is 18.4. The van der Waals surface area contributed by atoms with Crippen molar-refractivity contribution in [2.45, 2.75) is 18.0 Å². The molecule has 26 heavy (non-hydrogen) atoms. The SMILES string of the molecule is O=C(NCc1cccnc1)c1cccc(S(=O)(=O)NCc2cccs2)c1. The summed E-state index contributed by atoms with van der Waals surface area (Å²) in [5.74, 6) is -0.343. The summed E-state index contributed by atoms with van der Waals surface area (Å²) in [7, 11) is -3.69. The third kappa shape index (κ3) is 4.75. The van der Waals surface area contributed by atoms with Crippen molar-refractivity contribution in [3.63, 3.8) is 0 Å². The van der Waals surface area contributed by atoms with Crippen LogP contribution in [0.25, 0.3) is 0 Å². The number of carbonyl (C=O) groups excluding carboxylic acids is 1.